The van der Waals surface area contributed by atoms with Gasteiger partial charge in [0.25, 0.3) is 0 Å². The molecule has 9 nitrogen and oxygen atoms in total. The van der Waals surface area contributed by atoms with Crippen LogP contribution in [0, 0.1) is 5.82 Å². The number of morpholine rings is 1. The molecule has 180 valence electrons. The molecule has 3 heterocycles. The highest BCUT2D eigenvalue weighted by Gasteiger charge is 2.52. The van der Waals surface area contributed by atoms with Gasteiger partial charge in [-0.05, 0) is 45.9 Å². The van der Waals surface area contributed by atoms with Crippen molar-refractivity contribution in [2.24, 2.45) is 0 Å². The van der Waals surface area contributed by atoms with Crippen LogP contribution in [0.3, 0.4) is 0 Å². The summed E-state index contributed by atoms with van der Waals surface area (Å²) in [7, 11) is -1.61. The molecule has 1 saturated heterocycles. The van der Waals surface area contributed by atoms with Crippen LogP contribution < -0.4 is 15.5 Å². The number of urea groups is 1. The van der Waals surface area contributed by atoms with Crippen molar-refractivity contribution in [3.8, 4) is 11.4 Å². The fourth-order valence-corrected chi connectivity index (χ4v) is 6.26. The maximum atomic E-state index is 15.1. The van der Waals surface area contributed by atoms with Crippen molar-refractivity contribution in [2.75, 3.05) is 37.0 Å². The lowest BCUT2D eigenvalue weighted by molar-refractivity contribution is 0.0984. The number of carbonyl (C=O) groups is 1. The van der Waals surface area contributed by atoms with Crippen molar-refractivity contribution >= 4 is 28.1 Å². The number of nitrogens with one attached hydrogen (secondary N) is 2. The number of aromatic nitrogens is 2. The minimum Gasteiger partial charge on any atom is -0.377 e. The molecule has 2 aromatic rings. The van der Waals surface area contributed by atoms with E-state index < -0.39 is 32.4 Å². The van der Waals surface area contributed by atoms with Crippen molar-refractivity contribution in [3.63, 3.8) is 0 Å². The second-order valence-electron chi connectivity index (χ2n) is 8.89. The van der Waals surface area contributed by atoms with Crippen LogP contribution in [-0.2, 0) is 9.48 Å². The van der Waals surface area contributed by atoms with Gasteiger partial charge in [-0.2, -0.15) is 10.6 Å². The highest BCUT2D eigenvalue weighted by molar-refractivity contribution is 8.25. The number of ether oxygens (including phenoxy) is 1. The summed E-state index contributed by atoms with van der Waals surface area (Å²) < 4.78 is 41.8. The van der Waals surface area contributed by atoms with E-state index in [2.05, 4.69) is 20.5 Å². The number of hydrogen-bond acceptors (Lipinski definition) is 7. The minimum atomic E-state index is -3.08. The fourth-order valence-electron chi connectivity index (χ4n) is 4.39. The molecule has 2 atom stereocenters. The summed E-state index contributed by atoms with van der Waals surface area (Å²) in [6.45, 7) is 8.89. The van der Waals surface area contributed by atoms with Crippen LogP contribution in [0.25, 0.3) is 11.4 Å². The van der Waals surface area contributed by atoms with Gasteiger partial charge in [-0.1, -0.05) is 0 Å². The molecule has 0 aliphatic carbocycles. The molecule has 2 amide bonds. The molecule has 4 N–H and O–H groups in total. The second-order valence-corrected chi connectivity index (χ2v) is 11.8. The summed E-state index contributed by atoms with van der Waals surface area (Å²) in [6.07, 6.45) is 0. The van der Waals surface area contributed by atoms with Crippen molar-refractivity contribution in [2.45, 2.75) is 43.7 Å². The Labute approximate surface area is 194 Å². The predicted molar refractivity (Wildman–Crippen MR) is 127 cm³/mol. The summed E-state index contributed by atoms with van der Waals surface area (Å²) in [5.74, 6) is 0.139. The van der Waals surface area contributed by atoms with Crippen LogP contribution in [0.4, 0.5) is 20.7 Å². The Kier molecular flexibility index (Phi) is 6.02. The predicted octanol–water partition coefficient (Wildman–Crippen LogP) is 4.32. The molecular weight excluding hydrogens is 449 g/mol. The highest BCUT2D eigenvalue weighted by atomic mass is 32.3. The zero-order valence-corrected chi connectivity index (χ0v) is 20.2. The first-order valence-electron chi connectivity index (χ1n) is 10.8. The molecule has 1 aromatic carbocycles. The van der Waals surface area contributed by atoms with Crippen molar-refractivity contribution in [3.05, 3.63) is 35.3 Å². The Balaban J connectivity index is 1.88. The number of anilines is 2. The molecule has 33 heavy (non-hydrogen) atoms. The van der Waals surface area contributed by atoms with Gasteiger partial charge in [0.2, 0.25) is 0 Å². The first-order chi connectivity index (χ1) is 15.5. The summed E-state index contributed by atoms with van der Waals surface area (Å²) in [5.41, 5.74) is 1.66. The van der Waals surface area contributed by atoms with E-state index in [-0.39, 0.29) is 17.4 Å². The van der Waals surface area contributed by atoms with Crippen molar-refractivity contribution < 1.29 is 23.0 Å². The molecular formula is C22H30FN5O4S. The third-order valence-corrected chi connectivity index (χ3v) is 9.40. The Morgan fingerprint density at radius 1 is 1.30 bits per heavy atom. The average Bonchev–Trinajstić information content (AvgIpc) is 2.90. The van der Waals surface area contributed by atoms with E-state index >= 15 is 4.39 Å². The van der Waals surface area contributed by atoms with Gasteiger partial charge >= 0.3 is 6.03 Å². The number of amides is 2. The Hall–Kier alpha value is -2.47. The van der Waals surface area contributed by atoms with Crippen LogP contribution in [0.15, 0.2) is 18.2 Å². The molecule has 0 radical (unpaired) electrons. The lowest BCUT2D eigenvalue weighted by Gasteiger charge is -2.43. The van der Waals surface area contributed by atoms with Gasteiger partial charge < -0.3 is 20.3 Å². The van der Waals surface area contributed by atoms with Gasteiger partial charge in [0, 0.05) is 24.8 Å². The maximum absolute atomic E-state index is 15.1. The van der Waals surface area contributed by atoms with Gasteiger partial charge in [0.05, 0.1) is 40.5 Å². The van der Waals surface area contributed by atoms with Gasteiger partial charge in [0.15, 0.2) is 5.82 Å². The summed E-state index contributed by atoms with van der Waals surface area (Å²) in [5, 5.41) is 4.39. The lowest BCUT2D eigenvalue weighted by atomic mass is 10.0. The molecule has 2 unspecified atom stereocenters. The molecule has 0 bridgehead atoms. The Morgan fingerprint density at radius 2 is 2.03 bits per heavy atom. The molecule has 0 spiro atoms. The monoisotopic (exact) mass is 479 g/mol. The highest BCUT2D eigenvalue weighted by Crippen LogP contribution is 2.73. The Bertz CT molecular complexity index is 1100. The number of carbonyl (C=O) groups excluding carboxylic acids is 1. The minimum absolute atomic E-state index is 0.00674. The number of halogens is 1. The normalized spacial score (nSPS) is 24.2. The van der Waals surface area contributed by atoms with Gasteiger partial charge in [-0.25, -0.2) is 19.2 Å². The van der Waals surface area contributed by atoms with Crippen LogP contribution in [-0.4, -0.2) is 58.0 Å². The quantitative estimate of drug-likeness (QED) is 0.517. The summed E-state index contributed by atoms with van der Waals surface area (Å²) in [4.78, 5) is 23.0. The SMILES string of the molecule is CNC(=O)Nc1ccc(-c2nc(N3CCOCC3C)c3c(n2)C(C)(C)S(O)(O)C3C)c(F)c1. The first kappa shape index (κ1) is 23.7. The van der Waals surface area contributed by atoms with Crippen LogP contribution in [0.5, 0.6) is 0 Å². The van der Waals surface area contributed by atoms with E-state index in [9.17, 15) is 13.9 Å². The summed E-state index contributed by atoms with van der Waals surface area (Å²) in [6, 6.07) is 3.84. The third-order valence-electron chi connectivity index (χ3n) is 6.48. The molecule has 0 saturated carbocycles. The number of benzene rings is 1. The van der Waals surface area contributed by atoms with Crippen molar-refractivity contribution in [1.29, 1.82) is 0 Å². The molecule has 2 aliphatic rings. The van der Waals surface area contributed by atoms with E-state index in [0.29, 0.717) is 42.5 Å². The molecule has 1 fully saturated rings. The van der Waals surface area contributed by atoms with Crippen LogP contribution in [0.1, 0.15) is 44.2 Å². The third kappa shape index (κ3) is 3.82. The fraction of sp³-hybridized carbons (Fsp3) is 0.500. The van der Waals surface area contributed by atoms with Gasteiger partial charge in [0.1, 0.15) is 11.6 Å². The largest absolute Gasteiger partial charge is 0.377 e. The standard InChI is InChI=1S/C22H30FN5O4S/c1-12-11-32-9-8-28(12)20-17-13(2)33(30,31)22(3,4)18(17)26-19(27-20)15-7-6-14(10-16(15)23)25-21(29)24-5/h6-7,10,12-13,30-31H,8-9,11H2,1-5H3,(H2,24,25,29). The maximum Gasteiger partial charge on any atom is 0.318 e. The average molecular weight is 480 g/mol. The number of fused-ring (bicyclic) bond motifs is 1. The van der Waals surface area contributed by atoms with E-state index in [1.807, 2.05) is 6.92 Å². The molecule has 2 aliphatic heterocycles. The smallest absolute Gasteiger partial charge is 0.318 e. The number of hydrogen-bond donors (Lipinski definition) is 4. The van der Waals surface area contributed by atoms with Crippen LogP contribution >= 0.6 is 10.6 Å². The zero-order valence-electron chi connectivity index (χ0n) is 19.3. The first-order valence-corrected chi connectivity index (χ1v) is 12.4. The van der Waals surface area contributed by atoms with E-state index in [0.717, 1.165) is 0 Å². The van der Waals surface area contributed by atoms with Crippen molar-refractivity contribution in [1.82, 2.24) is 15.3 Å². The van der Waals surface area contributed by atoms with E-state index in [4.69, 9.17) is 9.72 Å². The molecule has 11 heteroatoms. The molecule has 1 aromatic heterocycles. The van der Waals surface area contributed by atoms with Crippen LogP contribution in [0.2, 0.25) is 0 Å². The topological polar surface area (TPSA) is 120 Å². The number of rotatable bonds is 3. The number of nitrogens with zero attached hydrogens (tertiary/aromatic N) is 3. The zero-order chi connectivity index (χ0) is 24.1. The second kappa shape index (κ2) is 8.39. The van der Waals surface area contributed by atoms with E-state index in [1.165, 1.54) is 19.2 Å². The lowest BCUT2D eigenvalue weighted by Crippen LogP contribution is -2.44. The summed E-state index contributed by atoms with van der Waals surface area (Å²) >= 11 is 0. The van der Waals surface area contributed by atoms with E-state index in [1.54, 1.807) is 26.8 Å². The van der Waals surface area contributed by atoms with Gasteiger partial charge in [-0.15, -0.1) is 0 Å². The Morgan fingerprint density at radius 3 is 2.67 bits per heavy atom. The molecule has 4 rings (SSSR count). The van der Waals surface area contributed by atoms with Gasteiger partial charge in [-0.3, -0.25) is 9.11 Å².